The number of aliphatic imine (C=N–C) groups is 1. The molecule has 0 saturated heterocycles. The summed E-state index contributed by atoms with van der Waals surface area (Å²) in [6, 6.07) is 11.2. The fourth-order valence-corrected chi connectivity index (χ4v) is 8.32. The lowest BCUT2D eigenvalue weighted by Gasteiger charge is -2.22. The van der Waals surface area contributed by atoms with Crippen LogP contribution in [0.2, 0.25) is 0 Å². The van der Waals surface area contributed by atoms with E-state index in [1.54, 1.807) is 33.6 Å². The van der Waals surface area contributed by atoms with Gasteiger partial charge in [-0.25, -0.2) is 4.98 Å². The highest BCUT2D eigenvalue weighted by molar-refractivity contribution is 7.75. The molecule has 0 bridgehead atoms. The van der Waals surface area contributed by atoms with Gasteiger partial charge in [0.15, 0.2) is 0 Å². The molecule has 2 heterocycles. The predicted octanol–water partition coefficient (Wildman–Crippen LogP) is 5.48. The average molecular weight is 762 g/mol. The Bertz CT molecular complexity index is 1880. The van der Waals surface area contributed by atoms with Gasteiger partial charge in [0.05, 0.1) is 37.8 Å². The van der Waals surface area contributed by atoms with E-state index < -0.39 is 14.7 Å². The van der Waals surface area contributed by atoms with Gasteiger partial charge >= 0.3 is 0 Å². The maximum Gasteiger partial charge on any atom is 0.247 e. The summed E-state index contributed by atoms with van der Waals surface area (Å²) in [4.78, 5) is 9.39. The molecule has 2 aromatic rings. The fourth-order valence-electron chi connectivity index (χ4n) is 5.53. The number of hydrogen-bond donors (Lipinski definition) is 3. The van der Waals surface area contributed by atoms with Crippen molar-refractivity contribution in [2.45, 2.75) is 39.3 Å². The summed E-state index contributed by atoms with van der Waals surface area (Å²) in [5.41, 5.74) is 5.05. The Morgan fingerprint density at radius 3 is 2.19 bits per heavy atom. The van der Waals surface area contributed by atoms with Crippen LogP contribution in [0.15, 0.2) is 77.0 Å². The second-order valence-electron chi connectivity index (χ2n) is 12.6. The number of allylic oxidation sites excluding steroid dienone is 3. The second kappa shape index (κ2) is 21.3. The molecule has 0 fully saturated rings. The molecule has 0 amide bonds. The molecular formula is C40H53N5O6P2. The molecule has 13 heteroatoms. The van der Waals surface area contributed by atoms with Crippen molar-refractivity contribution in [2.24, 2.45) is 10.9 Å². The van der Waals surface area contributed by atoms with Crippen LogP contribution in [-0.2, 0) is 29.5 Å². The number of benzene rings is 1. The van der Waals surface area contributed by atoms with E-state index in [-0.39, 0.29) is 12.0 Å². The van der Waals surface area contributed by atoms with E-state index in [9.17, 15) is 9.13 Å². The lowest BCUT2D eigenvalue weighted by molar-refractivity contribution is 0.142. The Morgan fingerprint density at radius 2 is 1.53 bits per heavy atom. The monoisotopic (exact) mass is 761 g/mol. The maximum atomic E-state index is 13.3. The zero-order valence-corrected chi connectivity index (χ0v) is 33.5. The first-order valence-corrected chi connectivity index (χ1v) is 22.1. The van der Waals surface area contributed by atoms with E-state index in [1.807, 2.05) is 56.3 Å². The summed E-state index contributed by atoms with van der Waals surface area (Å²) >= 11 is 0. The number of nitrogens with one attached hydrogen (secondary N) is 3. The van der Waals surface area contributed by atoms with Crippen LogP contribution in [0.1, 0.15) is 43.5 Å². The third-order valence-corrected chi connectivity index (χ3v) is 12.1. The number of hydrogen-bond acceptors (Lipinski definition) is 11. The van der Waals surface area contributed by atoms with Gasteiger partial charge in [-0.2, -0.15) is 0 Å². The van der Waals surface area contributed by atoms with Crippen LogP contribution in [-0.4, -0.2) is 90.0 Å². The van der Waals surface area contributed by atoms with Crippen LogP contribution in [0.3, 0.4) is 0 Å². The number of rotatable bonds is 18. The average Bonchev–Trinajstić information content (AvgIpc) is 3.16. The number of aromatic nitrogens is 1. The molecule has 3 N–H and O–H groups in total. The fraction of sp³-hybridized carbons (Fsp3) is 0.450. The highest BCUT2D eigenvalue weighted by Crippen LogP contribution is 2.48. The second-order valence-corrected chi connectivity index (χ2v) is 17.5. The number of pyridine rings is 1. The first-order valence-electron chi connectivity index (χ1n) is 18.0. The molecule has 1 aromatic carbocycles. The standard InChI is InChI=1S/C40H53N5O6P2/c1-7-50-52(5,46)39-27-33(11-9-31-13-17-37(48-3)18-14-31)25-35(44-39)29-42-23-21-41-22-24-43-30-36-26-34(28-40(45-36)53(6,47)51-8-2)12-10-32-15-19-38(49-4)20-16-32/h13-19,25-27,34,38,41-43H,7-8,20-24,28-30H2,1-6H3. The summed E-state index contributed by atoms with van der Waals surface area (Å²) in [5, 5.41) is 10.3. The molecule has 0 radical (unpaired) electrons. The van der Waals surface area contributed by atoms with Gasteiger partial charge in [-0.1, -0.05) is 35.8 Å². The normalized spacial score (nSPS) is 18.9. The summed E-state index contributed by atoms with van der Waals surface area (Å²) < 4.78 is 48.3. The van der Waals surface area contributed by atoms with Crippen molar-refractivity contribution < 1.29 is 27.7 Å². The minimum Gasteiger partial charge on any atom is -0.497 e. The van der Waals surface area contributed by atoms with Gasteiger partial charge in [-0.15, -0.1) is 0 Å². The largest absolute Gasteiger partial charge is 0.497 e. The third kappa shape index (κ3) is 14.0. The minimum atomic E-state index is -3.10. The van der Waals surface area contributed by atoms with Crippen molar-refractivity contribution in [3.8, 4) is 29.4 Å². The van der Waals surface area contributed by atoms with Crippen LogP contribution in [0.25, 0.3) is 0 Å². The molecule has 1 aliphatic carbocycles. The number of ether oxygens (including phenoxy) is 2. The molecule has 4 rings (SSSR count). The molecule has 11 nitrogen and oxygen atoms in total. The van der Waals surface area contributed by atoms with E-state index in [1.165, 1.54) is 0 Å². The Balaban J connectivity index is 1.26. The van der Waals surface area contributed by atoms with E-state index in [0.29, 0.717) is 50.2 Å². The van der Waals surface area contributed by atoms with Gasteiger partial charge in [-0.3, -0.25) is 14.1 Å². The summed E-state index contributed by atoms with van der Waals surface area (Å²) in [5.74, 6) is 13.6. The first kappa shape index (κ1) is 42.1. The Hall–Kier alpha value is -3.60. The van der Waals surface area contributed by atoms with Gasteiger partial charge in [0.1, 0.15) is 16.6 Å². The molecule has 0 saturated carbocycles. The zero-order chi connectivity index (χ0) is 38.1. The van der Waals surface area contributed by atoms with Gasteiger partial charge in [-0.05, 0) is 68.8 Å². The Morgan fingerprint density at radius 1 is 0.849 bits per heavy atom. The SMILES string of the molecule is CCOP(C)(=O)C1=NC(CNCCNCCNCc2cc(C#Cc3ccc(OC)cc3)cc(P(C)(=O)OCC)n2)=CC(C#CC2=CCC(OC)C=C2)C1. The topological polar surface area (TPSA) is 132 Å². The first-order chi connectivity index (χ1) is 25.5. The van der Waals surface area contributed by atoms with Crippen LogP contribution in [0.5, 0.6) is 5.75 Å². The van der Waals surface area contributed by atoms with Gasteiger partial charge in [0.25, 0.3) is 0 Å². The molecule has 0 spiro atoms. The van der Waals surface area contributed by atoms with E-state index >= 15 is 0 Å². The summed E-state index contributed by atoms with van der Waals surface area (Å²) in [6.45, 7) is 11.5. The molecule has 4 atom stereocenters. The summed E-state index contributed by atoms with van der Waals surface area (Å²) in [6.07, 6.45) is 9.52. The molecular weight excluding hydrogens is 708 g/mol. The van der Waals surface area contributed by atoms with E-state index in [0.717, 1.165) is 59.9 Å². The lowest BCUT2D eigenvalue weighted by Crippen LogP contribution is -2.33. The smallest absolute Gasteiger partial charge is 0.247 e. The van der Waals surface area contributed by atoms with Crippen LogP contribution >= 0.6 is 14.7 Å². The molecule has 284 valence electrons. The maximum absolute atomic E-state index is 13.3. The van der Waals surface area contributed by atoms with Crippen molar-refractivity contribution in [1.82, 2.24) is 20.9 Å². The van der Waals surface area contributed by atoms with E-state index in [4.69, 9.17) is 23.5 Å². The zero-order valence-electron chi connectivity index (χ0n) is 31.7. The van der Waals surface area contributed by atoms with E-state index in [2.05, 4.69) is 56.8 Å². The summed E-state index contributed by atoms with van der Waals surface area (Å²) in [7, 11) is -2.78. The van der Waals surface area contributed by atoms with Crippen molar-refractivity contribution in [3.63, 3.8) is 0 Å². The van der Waals surface area contributed by atoms with Gasteiger partial charge < -0.3 is 34.5 Å². The molecule has 1 aliphatic heterocycles. The number of nitrogens with zero attached hydrogens (tertiary/aromatic N) is 2. The highest BCUT2D eigenvalue weighted by Gasteiger charge is 2.29. The van der Waals surface area contributed by atoms with Crippen LogP contribution in [0, 0.1) is 29.6 Å². The molecule has 2 aliphatic rings. The Kier molecular flexibility index (Phi) is 17.0. The van der Waals surface area contributed by atoms with Crippen LogP contribution < -0.4 is 26.1 Å². The molecule has 53 heavy (non-hydrogen) atoms. The highest BCUT2D eigenvalue weighted by atomic mass is 31.2. The van der Waals surface area contributed by atoms with Crippen molar-refractivity contribution in [3.05, 3.63) is 88.8 Å². The van der Waals surface area contributed by atoms with Gasteiger partial charge in [0.2, 0.25) is 14.7 Å². The van der Waals surface area contributed by atoms with Gasteiger partial charge in [0, 0.05) is 88.7 Å². The molecule has 1 aromatic heterocycles. The lowest BCUT2D eigenvalue weighted by atomic mass is 10.0. The molecule has 4 unspecified atom stereocenters. The third-order valence-electron chi connectivity index (χ3n) is 8.35. The Labute approximate surface area is 315 Å². The minimum absolute atomic E-state index is 0.0886. The number of methoxy groups -OCH3 is 2. The van der Waals surface area contributed by atoms with Crippen molar-refractivity contribution >= 4 is 25.6 Å². The predicted molar refractivity (Wildman–Crippen MR) is 215 cm³/mol. The quantitative estimate of drug-likeness (QED) is 0.102. The van der Waals surface area contributed by atoms with Crippen molar-refractivity contribution in [2.75, 3.05) is 73.5 Å². The van der Waals surface area contributed by atoms with Crippen molar-refractivity contribution in [1.29, 1.82) is 0 Å². The van der Waals surface area contributed by atoms with Crippen LogP contribution in [0.4, 0.5) is 0 Å².